The third-order valence-electron chi connectivity index (χ3n) is 3.99. The molecule has 0 N–H and O–H groups in total. The van der Waals surface area contributed by atoms with Crippen LogP contribution in [0.5, 0.6) is 0 Å². The minimum atomic E-state index is -1.21. The molecular weight excluding hydrogens is 473 g/mol. The first-order valence-corrected chi connectivity index (χ1v) is 9.34. The minimum Gasteiger partial charge on any atom is -0.445 e. The molecule has 0 saturated heterocycles. The topological polar surface area (TPSA) is 86.5 Å². The lowest BCUT2D eigenvalue weighted by atomic mass is 9.99. The highest BCUT2D eigenvalue weighted by atomic mass is 127. The van der Waals surface area contributed by atoms with Gasteiger partial charge in [0, 0.05) is 26.8 Å². The van der Waals surface area contributed by atoms with Gasteiger partial charge < -0.3 is 4.74 Å². The second kappa shape index (κ2) is 8.75. The summed E-state index contributed by atoms with van der Waals surface area (Å²) in [5.41, 5.74) is 0.943. The van der Waals surface area contributed by atoms with E-state index in [1.807, 2.05) is 6.07 Å². The number of halogens is 1. The van der Waals surface area contributed by atoms with E-state index in [0.717, 1.165) is 3.57 Å². The highest BCUT2D eigenvalue weighted by Gasteiger charge is 2.27. The van der Waals surface area contributed by atoms with Gasteiger partial charge in [-0.2, -0.15) is 0 Å². The fourth-order valence-electron chi connectivity index (χ4n) is 2.59. The predicted octanol–water partition coefficient (Wildman–Crippen LogP) is 4.98. The second-order valence-electron chi connectivity index (χ2n) is 5.87. The Kier molecular flexibility index (Phi) is 6.15. The van der Waals surface area contributed by atoms with E-state index in [0.29, 0.717) is 16.7 Å². The van der Waals surface area contributed by atoms with Gasteiger partial charge in [0.25, 0.3) is 5.69 Å². The maximum atomic E-state index is 13.0. The van der Waals surface area contributed by atoms with Crippen molar-refractivity contribution >= 4 is 40.0 Å². The summed E-state index contributed by atoms with van der Waals surface area (Å²) in [4.78, 5) is 35.9. The molecular formula is C21H14INO5. The number of ketones is 1. The average Bonchev–Trinajstić information content (AvgIpc) is 2.72. The molecule has 7 heteroatoms. The Balaban J connectivity index is 1.95. The van der Waals surface area contributed by atoms with Crippen molar-refractivity contribution in [2.75, 3.05) is 0 Å². The smallest absolute Gasteiger partial charge is 0.339 e. The first-order chi connectivity index (χ1) is 13.5. The summed E-state index contributed by atoms with van der Waals surface area (Å²) in [7, 11) is 0. The third kappa shape index (κ3) is 4.61. The van der Waals surface area contributed by atoms with Gasteiger partial charge in [-0.3, -0.25) is 14.9 Å². The van der Waals surface area contributed by atoms with Crippen LogP contribution in [-0.2, 0) is 4.74 Å². The van der Waals surface area contributed by atoms with E-state index in [1.165, 1.54) is 24.3 Å². The van der Waals surface area contributed by atoms with Crippen molar-refractivity contribution in [3.05, 3.63) is 109 Å². The predicted molar refractivity (Wildman–Crippen MR) is 111 cm³/mol. The van der Waals surface area contributed by atoms with Crippen LogP contribution >= 0.6 is 22.6 Å². The number of esters is 1. The summed E-state index contributed by atoms with van der Waals surface area (Å²) in [5.74, 6) is -1.06. The lowest BCUT2D eigenvalue weighted by Crippen LogP contribution is -2.20. The van der Waals surface area contributed by atoms with Gasteiger partial charge in [-0.05, 0) is 52.9 Å². The fraction of sp³-hybridized carbons (Fsp3) is 0.0476. The maximum Gasteiger partial charge on any atom is 0.339 e. The van der Waals surface area contributed by atoms with Crippen molar-refractivity contribution < 1.29 is 19.2 Å². The molecule has 0 aliphatic rings. The number of hydrogen-bond donors (Lipinski definition) is 0. The zero-order chi connectivity index (χ0) is 20.1. The van der Waals surface area contributed by atoms with Crippen molar-refractivity contribution in [1.82, 2.24) is 0 Å². The van der Waals surface area contributed by atoms with Crippen LogP contribution in [0.15, 0.2) is 78.9 Å². The summed E-state index contributed by atoms with van der Waals surface area (Å²) in [6, 6.07) is 20.7. The highest BCUT2D eigenvalue weighted by Crippen LogP contribution is 2.26. The second-order valence-corrected chi connectivity index (χ2v) is 7.12. The number of non-ortho nitro benzene ring substituents is 1. The lowest BCUT2D eigenvalue weighted by Gasteiger charge is -2.17. The van der Waals surface area contributed by atoms with Crippen LogP contribution in [-0.4, -0.2) is 16.7 Å². The van der Waals surface area contributed by atoms with Crippen molar-refractivity contribution in [3.63, 3.8) is 0 Å². The Morgan fingerprint density at radius 1 is 0.893 bits per heavy atom. The van der Waals surface area contributed by atoms with E-state index >= 15 is 0 Å². The molecule has 0 aromatic heterocycles. The Bertz CT molecular complexity index is 1020. The van der Waals surface area contributed by atoms with E-state index in [4.69, 9.17) is 4.74 Å². The van der Waals surface area contributed by atoms with Crippen LogP contribution in [0.2, 0.25) is 0 Å². The number of benzene rings is 3. The summed E-state index contributed by atoms with van der Waals surface area (Å²) < 4.78 is 6.39. The number of hydrogen-bond acceptors (Lipinski definition) is 5. The lowest BCUT2D eigenvalue weighted by molar-refractivity contribution is -0.384. The number of carbonyl (C=O) groups excluding carboxylic acids is 2. The molecule has 0 spiro atoms. The zero-order valence-corrected chi connectivity index (χ0v) is 16.6. The number of nitro benzene ring substituents is 1. The summed E-state index contributed by atoms with van der Waals surface area (Å²) in [6.45, 7) is 0. The van der Waals surface area contributed by atoms with Crippen LogP contribution in [0.4, 0.5) is 5.69 Å². The van der Waals surface area contributed by atoms with E-state index in [1.54, 1.807) is 48.5 Å². The minimum absolute atomic E-state index is 0.112. The quantitative estimate of drug-likeness (QED) is 0.161. The molecule has 0 heterocycles. The molecule has 0 aliphatic heterocycles. The Hall–Kier alpha value is -3.07. The van der Waals surface area contributed by atoms with Gasteiger partial charge in [0.05, 0.1) is 10.5 Å². The van der Waals surface area contributed by atoms with Crippen molar-refractivity contribution in [2.24, 2.45) is 0 Å². The first-order valence-electron chi connectivity index (χ1n) is 8.26. The molecule has 3 aromatic carbocycles. The highest BCUT2D eigenvalue weighted by molar-refractivity contribution is 14.1. The van der Waals surface area contributed by atoms with E-state index < -0.39 is 22.8 Å². The number of Topliss-reactive ketones (excluding diaryl/α,β-unsaturated/α-hetero) is 1. The fourth-order valence-corrected chi connectivity index (χ4v) is 3.13. The number of nitro groups is 1. The van der Waals surface area contributed by atoms with Crippen molar-refractivity contribution in [3.8, 4) is 0 Å². The molecule has 3 aromatic rings. The van der Waals surface area contributed by atoms with Crippen LogP contribution in [0.25, 0.3) is 0 Å². The number of carbonyl (C=O) groups is 2. The van der Waals surface area contributed by atoms with Gasteiger partial charge >= 0.3 is 5.97 Å². The Morgan fingerprint density at radius 3 is 2.14 bits per heavy atom. The molecule has 28 heavy (non-hydrogen) atoms. The average molecular weight is 487 g/mol. The van der Waals surface area contributed by atoms with Gasteiger partial charge in [0.2, 0.25) is 5.78 Å². The van der Waals surface area contributed by atoms with Crippen molar-refractivity contribution in [1.29, 1.82) is 0 Å². The molecule has 1 unspecified atom stereocenters. The molecule has 0 saturated carbocycles. The molecule has 3 rings (SSSR count). The van der Waals surface area contributed by atoms with Gasteiger partial charge in [0.15, 0.2) is 6.10 Å². The molecule has 0 bridgehead atoms. The molecule has 0 radical (unpaired) electrons. The number of ether oxygens (including phenoxy) is 1. The van der Waals surface area contributed by atoms with Crippen LogP contribution in [0.1, 0.15) is 32.4 Å². The standard InChI is InChI=1S/C21H14INO5/c22-17-8-4-7-16(13-17)21(25)28-20(19(24)14-5-2-1-3-6-14)15-9-11-18(12-10-15)23(26)27/h1-13,20H. The maximum absolute atomic E-state index is 13.0. The van der Waals surface area contributed by atoms with Gasteiger partial charge in [0.1, 0.15) is 0 Å². The molecule has 0 amide bonds. The van der Waals surface area contributed by atoms with Gasteiger partial charge in [-0.1, -0.05) is 36.4 Å². The van der Waals surface area contributed by atoms with E-state index in [2.05, 4.69) is 22.6 Å². The molecule has 140 valence electrons. The Morgan fingerprint density at radius 2 is 1.54 bits per heavy atom. The summed E-state index contributed by atoms with van der Waals surface area (Å²) >= 11 is 2.08. The summed E-state index contributed by atoms with van der Waals surface area (Å²) in [5, 5.41) is 10.9. The van der Waals surface area contributed by atoms with Gasteiger partial charge in [-0.15, -0.1) is 0 Å². The van der Waals surface area contributed by atoms with E-state index in [-0.39, 0.29) is 5.69 Å². The van der Waals surface area contributed by atoms with Gasteiger partial charge in [-0.25, -0.2) is 4.79 Å². The van der Waals surface area contributed by atoms with Crippen LogP contribution in [0.3, 0.4) is 0 Å². The largest absolute Gasteiger partial charge is 0.445 e. The zero-order valence-electron chi connectivity index (χ0n) is 14.4. The molecule has 1 atom stereocenters. The SMILES string of the molecule is O=C(OC(C(=O)c1ccccc1)c1ccc([N+](=O)[O-])cc1)c1cccc(I)c1. The molecule has 0 aliphatic carbocycles. The summed E-state index contributed by atoms with van der Waals surface area (Å²) in [6.07, 6.45) is -1.21. The molecule has 6 nitrogen and oxygen atoms in total. The first kappa shape index (κ1) is 19.7. The van der Waals surface area contributed by atoms with E-state index in [9.17, 15) is 19.7 Å². The monoisotopic (exact) mass is 487 g/mol. The third-order valence-corrected chi connectivity index (χ3v) is 4.66. The van der Waals surface area contributed by atoms with Crippen LogP contribution in [0, 0.1) is 13.7 Å². The van der Waals surface area contributed by atoms with Crippen molar-refractivity contribution in [2.45, 2.75) is 6.10 Å². The number of nitrogens with zero attached hydrogens (tertiary/aromatic N) is 1. The Labute approximate surface area is 174 Å². The normalized spacial score (nSPS) is 11.5. The van der Waals surface area contributed by atoms with Crippen LogP contribution < -0.4 is 0 Å². The molecule has 0 fully saturated rings. The number of rotatable bonds is 6.